The normalized spacial score (nSPS) is 13.4. The van der Waals surface area contributed by atoms with E-state index in [4.69, 9.17) is 5.73 Å². The van der Waals surface area contributed by atoms with Crippen molar-refractivity contribution in [2.75, 3.05) is 6.54 Å². The van der Waals surface area contributed by atoms with Crippen molar-refractivity contribution in [3.8, 4) is 0 Å². The Balaban J connectivity index is 2.72. The highest BCUT2D eigenvalue weighted by Crippen LogP contribution is 2.28. The molecule has 1 atom stereocenters. The molecule has 0 saturated heterocycles. The molecule has 1 heterocycles. The van der Waals surface area contributed by atoms with E-state index in [-0.39, 0.29) is 17.8 Å². The molecule has 2 rings (SSSR count). The summed E-state index contributed by atoms with van der Waals surface area (Å²) in [6, 6.07) is 5.34. The smallest absolute Gasteiger partial charge is 0.151 e. The van der Waals surface area contributed by atoms with Gasteiger partial charge in [-0.05, 0) is 32.4 Å². The lowest BCUT2D eigenvalue weighted by atomic mass is 10.1. The van der Waals surface area contributed by atoms with Gasteiger partial charge in [0.25, 0.3) is 0 Å². The lowest BCUT2D eigenvalue weighted by Crippen LogP contribution is -2.17. The lowest BCUT2D eigenvalue weighted by molar-refractivity contribution is 0.530. The van der Waals surface area contributed by atoms with Gasteiger partial charge in [0.05, 0.1) is 5.52 Å². The fraction of sp³-hybridized carbons (Fsp3) is 0.500. The average molecular weight is 249 g/mol. The largest absolute Gasteiger partial charge is 0.330 e. The molecule has 1 aromatic heterocycles. The molecular weight excluding hydrogens is 229 g/mol. The molecular formula is C14H20FN3. The number of rotatable bonds is 4. The van der Waals surface area contributed by atoms with E-state index in [1.165, 1.54) is 6.07 Å². The van der Waals surface area contributed by atoms with Crippen LogP contribution in [0.3, 0.4) is 0 Å². The molecule has 0 radical (unpaired) electrons. The summed E-state index contributed by atoms with van der Waals surface area (Å²) < 4.78 is 15.9. The van der Waals surface area contributed by atoms with Gasteiger partial charge in [-0.3, -0.25) is 0 Å². The molecule has 0 aliphatic carbocycles. The molecule has 2 aromatic rings. The third-order valence-electron chi connectivity index (χ3n) is 3.36. The summed E-state index contributed by atoms with van der Waals surface area (Å²) in [6.07, 6.45) is 0.911. The minimum atomic E-state index is -0.264. The molecule has 4 heteroatoms. The second-order valence-electron chi connectivity index (χ2n) is 4.88. The molecule has 1 aromatic carbocycles. The molecule has 0 spiro atoms. The summed E-state index contributed by atoms with van der Waals surface area (Å²) in [6.45, 7) is 6.78. The lowest BCUT2D eigenvalue weighted by Gasteiger charge is -2.18. The average Bonchev–Trinajstić information content (AvgIpc) is 2.71. The minimum Gasteiger partial charge on any atom is -0.330 e. The zero-order valence-electron chi connectivity index (χ0n) is 11.2. The van der Waals surface area contributed by atoms with Crippen molar-refractivity contribution in [2.24, 2.45) is 5.73 Å². The first-order valence-electron chi connectivity index (χ1n) is 6.46. The van der Waals surface area contributed by atoms with E-state index in [0.717, 1.165) is 17.8 Å². The van der Waals surface area contributed by atoms with Crippen LogP contribution in [0, 0.1) is 5.82 Å². The molecule has 0 bridgehead atoms. The number of benzene rings is 1. The molecule has 0 fully saturated rings. The number of halogens is 1. The van der Waals surface area contributed by atoms with Crippen LogP contribution in [0.4, 0.5) is 4.39 Å². The quantitative estimate of drug-likeness (QED) is 0.904. The van der Waals surface area contributed by atoms with Gasteiger partial charge in [-0.1, -0.05) is 13.0 Å². The van der Waals surface area contributed by atoms with Gasteiger partial charge in [0.15, 0.2) is 5.82 Å². The maximum absolute atomic E-state index is 13.8. The number of hydrogen-bond donors (Lipinski definition) is 1. The van der Waals surface area contributed by atoms with E-state index in [0.29, 0.717) is 12.1 Å². The maximum atomic E-state index is 13.8. The van der Waals surface area contributed by atoms with Gasteiger partial charge in [0.2, 0.25) is 0 Å². The second-order valence-corrected chi connectivity index (χ2v) is 4.88. The fourth-order valence-electron chi connectivity index (χ4n) is 2.39. The molecule has 98 valence electrons. The van der Waals surface area contributed by atoms with Crippen LogP contribution in [0.15, 0.2) is 18.2 Å². The summed E-state index contributed by atoms with van der Waals surface area (Å²) in [5.74, 6) is 0.814. The first-order chi connectivity index (χ1) is 8.60. The zero-order valence-corrected chi connectivity index (χ0v) is 11.2. The molecule has 0 aliphatic rings. The summed E-state index contributed by atoms with van der Waals surface area (Å²) in [7, 11) is 0. The van der Waals surface area contributed by atoms with Crippen molar-refractivity contribution >= 4 is 11.0 Å². The number of imidazole rings is 1. The monoisotopic (exact) mass is 249 g/mol. The first kappa shape index (κ1) is 13.0. The summed E-state index contributed by atoms with van der Waals surface area (Å²) in [5, 5.41) is 0. The molecule has 18 heavy (non-hydrogen) atoms. The molecule has 2 N–H and O–H groups in total. The van der Waals surface area contributed by atoms with E-state index in [1.807, 2.05) is 6.07 Å². The van der Waals surface area contributed by atoms with E-state index in [2.05, 4.69) is 30.3 Å². The Morgan fingerprint density at radius 1 is 1.39 bits per heavy atom. The number of fused-ring (bicyclic) bond motifs is 1. The molecule has 1 unspecified atom stereocenters. The van der Waals surface area contributed by atoms with Crippen LogP contribution in [0.1, 0.15) is 45.0 Å². The Bertz CT molecular complexity index is 541. The molecule has 0 amide bonds. The Hall–Kier alpha value is -1.42. The van der Waals surface area contributed by atoms with E-state index in [9.17, 15) is 4.39 Å². The Labute approximate surface area is 107 Å². The maximum Gasteiger partial charge on any atom is 0.151 e. The van der Waals surface area contributed by atoms with Gasteiger partial charge < -0.3 is 10.3 Å². The van der Waals surface area contributed by atoms with Crippen LogP contribution < -0.4 is 5.73 Å². The number of para-hydroxylation sites is 1. The van der Waals surface area contributed by atoms with Crippen molar-refractivity contribution in [3.05, 3.63) is 29.8 Å². The highest BCUT2D eigenvalue weighted by atomic mass is 19.1. The van der Waals surface area contributed by atoms with Crippen molar-refractivity contribution in [3.63, 3.8) is 0 Å². The van der Waals surface area contributed by atoms with Gasteiger partial charge in [0.1, 0.15) is 11.3 Å². The molecule has 0 saturated carbocycles. The van der Waals surface area contributed by atoms with Crippen LogP contribution in [0.5, 0.6) is 0 Å². The Kier molecular flexibility index (Phi) is 3.66. The number of nitrogens with two attached hydrogens (primary N) is 1. The predicted molar refractivity (Wildman–Crippen MR) is 72.2 cm³/mol. The minimum absolute atomic E-state index is 0.180. The molecule has 3 nitrogen and oxygen atoms in total. The van der Waals surface area contributed by atoms with Crippen molar-refractivity contribution in [1.29, 1.82) is 0 Å². The zero-order chi connectivity index (χ0) is 13.3. The van der Waals surface area contributed by atoms with Gasteiger partial charge in [-0.2, -0.15) is 0 Å². The van der Waals surface area contributed by atoms with Crippen LogP contribution in [-0.4, -0.2) is 16.1 Å². The van der Waals surface area contributed by atoms with Gasteiger partial charge in [0, 0.05) is 18.5 Å². The second kappa shape index (κ2) is 5.06. The van der Waals surface area contributed by atoms with E-state index < -0.39 is 0 Å². The fourth-order valence-corrected chi connectivity index (χ4v) is 2.39. The van der Waals surface area contributed by atoms with Crippen LogP contribution >= 0.6 is 0 Å². The first-order valence-corrected chi connectivity index (χ1v) is 6.46. The third-order valence-corrected chi connectivity index (χ3v) is 3.36. The van der Waals surface area contributed by atoms with Gasteiger partial charge in [-0.15, -0.1) is 0 Å². The van der Waals surface area contributed by atoms with Crippen LogP contribution in [0.25, 0.3) is 11.0 Å². The highest BCUT2D eigenvalue weighted by molar-refractivity contribution is 5.77. The van der Waals surface area contributed by atoms with Crippen LogP contribution in [-0.2, 0) is 0 Å². The third kappa shape index (κ3) is 2.01. The van der Waals surface area contributed by atoms with E-state index >= 15 is 0 Å². The predicted octanol–water partition coefficient (Wildman–Crippen LogP) is 3.21. The summed E-state index contributed by atoms with van der Waals surface area (Å²) >= 11 is 0. The summed E-state index contributed by atoms with van der Waals surface area (Å²) in [5.41, 5.74) is 7.10. The standard InChI is InChI=1S/C14H20FN3/c1-4-10(8-16)14-17-13-11(15)6-5-7-12(13)18(14)9(2)3/h5-7,9-10H,4,8,16H2,1-3H3. The number of hydrogen-bond acceptors (Lipinski definition) is 2. The summed E-state index contributed by atoms with van der Waals surface area (Å²) in [4.78, 5) is 4.48. The van der Waals surface area contributed by atoms with E-state index in [1.54, 1.807) is 6.07 Å². The van der Waals surface area contributed by atoms with Crippen molar-refractivity contribution < 1.29 is 4.39 Å². The highest BCUT2D eigenvalue weighted by Gasteiger charge is 2.20. The van der Waals surface area contributed by atoms with Crippen LogP contribution in [0.2, 0.25) is 0 Å². The number of aromatic nitrogens is 2. The SMILES string of the molecule is CCC(CN)c1nc2c(F)cccc2n1C(C)C. The van der Waals surface area contributed by atoms with Crippen molar-refractivity contribution in [2.45, 2.75) is 39.2 Å². The topological polar surface area (TPSA) is 43.8 Å². The Morgan fingerprint density at radius 3 is 2.67 bits per heavy atom. The Morgan fingerprint density at radius 2 is 2.11 bits per heavy atom. The molecule has 0 aliphatic heterocycles. The van der Waals surface area contributed by atoms with Crippen molar-refractivity contribution in [1.82, 2.24) is 9.55 Å². The van der Waals surface area contributed by atoms with Gasteiger partial charge in [-0.25, -0.2) is 9.37 Å². The van der Waals surface area contributed by atoms with Gasteiger partial charge >= 0.3 is 0 Å². The number of nitrogens with zero attached hydrogens (tertiary/aromatic N) is 2.